The van der Waals surface area contributed by atoms with Crippen LogP contribution in [-0.2, 0) is 17.6 Å². The molecule has 0 spiro atoms. The third kappa shape index (κ3) is 6.42. The van der Waals surface area contributed by atoms with Crippen LogP contribution in [0.2, 0.25) is 0 Å². The molecule has 1 N–H and O–H groups in total. The second-order valence-corrected chi connectivity index (χ2v) is 10.8. The lowest BCUT2D eigenvalue weighted by molar-refractivity contribution is -0.133. The summed E-state index contributed by atoms with van der Waals surface area (Å²) in [4.78, 5) is 29.2. The number of carbonyl (C=O) groups is 2. The third-order valence-corrected chi connectivity index (χ3v) is 6.14. The SMILES string of the molecule is CC(=O)N1CCN(C(=O)c2cc(CC(C)C)c(-c3cc(CC(C)C)[nH]n3)nn2)CC1CC(C)C. The van der Waals surface area contributed by atoms with Crippen molar-refractivity contribution in [3.8, 4) is 11.4 Å². The summed E-state index contributed by atoms with van der Waals surface area (Å²) in [5, 5.41) is 16.4. The highest BCUT2D eigenvalue weighted by atomic mass is 16.2. The second kappa shape index (κ2) is 11.1. The molecule has 1 unspecified atom stereocenters. The van der Waals surface area contributed by atoms with Crippen molar-refractivity contribution in [1.29, 1.82) is 0 Å². The van der Waals surface area contributed by atoms with Crippen molar-refractivity contribution in [2.75, 3.05) is 19.6 Å². The Balaban J connectivity index is 1.85. The van der Waals surface area contributed by atoms with Crippen molar-refractivity contribution in [3.05, 3.63) is 29.1 Å². The summed E-state index contributed by atoms with van der Waals surface area (Å²) >= 11 is 0. The Kier molecular flexibility index (Phi) is 8.44. The largest absolute Gasteiger partial charge is 0.336 e. The average molecular weight is 469 g/mol. The minimum atomic E-state index is -0.122. The quantitative estimate of drug-likeness (QED) is 0.632. The number of aromatic amines is 1. The van der Waals surface area contributed by atoms with Gasteiger partial charge < -0.3 is 9.80 Å². The minimum Gasteiger partial charge on any atom is -0.336 e. The Morgan fingerprint density at radius 2 is 1.71 bits per heavy atom. The van der Waals surface area contributed by atoms with Gasteiger partial charge in [0.1, 0.15) is 11.4 Å². The van der Waals surface area contributed by atoms with Crippen LogP contribution in [0, 0.1) is 17.8 Å². The number of nitrogens with one attached hydrogen (secondary N) is 1. The highest BCUT2D eigenvalue weighted by Crippen LogP contribution is 2.25. The van der Waals surface area contributed by atoms with Gasteiger partial charge in [0.05, 0.1) is 0 Å². The van der Waals surface area contributed by atoms with Crippen LogP contribution in [0.4, 0.5) is 0 Å². The van der Waals surface area contributed by atoms with Crippen molar-refractivity contribution in [3.63, 3.8) is 0 Å². The molecule has 2 aromatic heterocycles. The summed E-state index contributed by atoms with van der Waals surface area (Å²) in [6.07, 6.45) is 2.57. The topological polar surface area (TPSA) is 95.1 Å². The average Bonchev–Trinajstić information content (AvgIpc) is 3.19. The monoisotopic (exact) mass is 468 g/mol. The molecule has 0 saturated carbocycles. The van der Waals surface area contributed by atoms with Crippen molar-refractivity contribution in [1.82, 2.24) is 30.2 Å². The molecule has 1 saturated heterocycles. The molecule has 2 amide bonds. The van der Waals surface area contributed by atoms with Crippen LogP contribution in [0.15, 0.2) is 12.1 Å². The number of nitrogens with zero attached hydrogens (tertiary/aromatic N) is 5. The van der Waals surface area contributed by atoms with Crippen LogP contribution in [0.1, 0.15) is 76.6 Å². The molecular formula is C26H40N6O2. The van der Waals surface area contributed by atoms with E-state index in [1.807, 2.05) is 21.9 Å². The van der Waals surface area contributed by atoms with Gasteiger partial charge in [0.25, 0.3) is 5.91 Å². The molecule has 186 valence electrons. The van der Waals surface area contributed by atoms with Crippen LogP contribution < -0.4 is 0 Å². The van der Waals surface area contributed by atoms with Crippen LogP contribution in [0.3, 0.4) is 0 Å². The molecule has 0 radical (unpaired) electrons. The molecule has 0 bridgehead atoms. The Morgan fingerprint density at radius 1 is 1.00 bits per heavy atom. The lowest BCUT2D eigenvalue weighted by Crippen LogP contribution is -2.56. The highest BCUT2D eigenvalue weighted by molar-refractivity contribution is 5.93. The summed E-state index contributed by atoms with van der Waals surface area (Å²) < 4.78 is 0. The van der Waals surface area contributed by atoms with Gasteiger partial charge in [0.15, 0.2) is 5.69 Å². The van der Waals surface area contributed by atoms with E-state index in [4.69, 9.17) is 0 Å². The first kappa shape index (κ1) is 25.8. The maximum Gasteiger partial charge on any atom is 0.274 e. The smallest absolute Gasteiger partial charge is 0.274 e. The molecule has 2 aromatic rings. The lowest BCUT2D eigenvalue weighted by Gasteiger charge is -2.41. The van der Waals surface area contributed by atoms with E-state index in [1.54, 1.807) is 6.92 Å². The zero-order valence-electron chi connectivity index (χ0n) is 21.8. The van der Waals surface area contributed by atoms with E-state index >= 15 is 0 Å². The standard InChI is InChI=1S/C26H40N6O2/c1-16(2)10-20-13-24(29-30-25(20)23-14-21(27-28-23)11-17(3)4)26(34)31-8-9-32(19(7)33)22(15-31)12-18(5)6/h13-14,16-18,22H,8-12,15H2,1-7H3,(H,27,28). The Hall–Kier alpha value is -2.77. The van der Waals surface area contributed by atoms with Gasteiger partial charge in [-0.3, -0.25) is 14.7 Å². The predicted molar refractivity (Wildman–Crippen MR) is 133 cm³/mol. The number of aromatic nitrogens is 4. The van der Waals surface area contributed by atoms with Crippen molar-refractivity contribution in [2.45, 2.75) is 73.8 Å². The fourth-order valence-corrected chi connectivity index (χ4v) is 4.74. The fourth-order valence-electron chi connectivity index (χ4n) is 4.74. The summed E-state index contributed by atoms with van der Waals surface area (Å²) in [5.41, 5.74) is 3.91. The molecular weight excluding hydrogens is 428 g/mol. The summed E-state index contributed by atoms with van der Waals surface area (Å²) in [6, 6.07) is 3.95. The van der Waals surface area contributed by atoms with Gasteiger partial charge in [-0.15, -0.1) is 10.2 Å². The number of carbonyl (C=O) groups excluding carboxylic acids is 2. The zero-order chi connectivity index (χ0) is 25.0. The molecule has 0 aromatic carbocycles. The van der Waals surface area contributed by atoms with Gasteiger partial charge in [0, 0.05) is 38.3 Å². The molecule has 3 heterocycles. The van der Waals surface area contributed by atoms with E-state index in [9.17, 15) is 9.59 Å². The van der Waals surface area contributed by atoms with Crippen molar-refractivity contribution in [2.24, 2.45) is 17.8 Å². The van der Waals surface area contributed by atoms with Gasteiger partial charge in [-0.2, -0.15) is 5.10 Å². The number of rotatable bonds is 8. The maximum atomic E-state index is 13.4. The molecule has 8 heteroatoms. The lowest BCUT2D eigenvalue weighted by atomic mass is 9.98. The summed E-state index contributed by atoms with van der Waals surface area (Å²) in [6.45, 7) is 16.1. The van der Waals surface area contributed by atoms with E-state index in [2.05, 4.69) is 61.9 Å². The molecule has 1 aliphatic heterocycles. The number of hydrogen-bond acceptors (Lipinski definition) is 5. The number of H-pyrrole nitrogens is 1. The van der Waals surface area contributed by atoms with E-state index in [0.717, 1.165) is 41.9 Å². The van der Waals surface area contributed by atoms with Gasteiger partial charge in [-0.25, -0.2) is 0 Å². The number of hydrogen-bond donors (Lipinski definition) is 1. The Bertz CT molecular complexity index is 997. The zero-order valence-corrected chi connectivity index (χ0v) is 21.8. The maximum absolute atomic E-state index is 13.4. The van der Waals surface area contributed by atoms with Crippen LogP contribution in [0.5, 0.6) is 0 Å². The van der Waals surface area contributed by atoms with Gasteiger partial charge in [-0.05, 0) is 54.7 Å². The number of amides is 2. The number of piperazine rings is 1. The molecule has 1 aliphatic rings. The molecule has 1 fully saturated rings. The molecule has 1 atom stereocenters. The molecule has 34 heavy (non-hydrogen) atoms. The normalized spacial score (nSPS) is 16.7. The first-order chi connectivity index (χ1) is 16.0. The molecule has 3 rings (SSSR count). The first-order valence-corrected chi connectivity index (χ1v) is 12.5. The van der Waals surface area contributed by atoms with Gasteiger partial charge in [-0.1, -0.05) is 41.5 Å². The molecule has 8 nitrogen and oxygen atoms in total. The fraction of sp³-hybridized carbons (Fsp3) is 0.654. The molecule has 0 aliphatic carbocycles. The minimum absolute atomic E-state index is 0.0287. The van der Waals surface area contributed by atoms with Crippen LogP contribution in [-0.4, -0.2) is 67.7 Å². The van der Waals surface area contributed by atoms with Crippen LogP contribution in [0.25, 0.3) is 11.4 Å². The van der Waals surface area contributed by atoms with Crippen LogP contribution >= 0.6 is 0 Å². The van der Waals surface area contributed by atoms with Crippen molar-refractivity contribution < 1.29 is 9.59 Å². The summed E-state index contributed by atoms with van der Waals surface area (Å²) in [7, 11) is 0. The van der Waals surface area contributed by atoms with Gasteiger partial charge >= 0.3 is 0 Å². The second-order valence-electron chi connectivity index (χ2n) is 10.8. The van der Waals surface area contributed by atoms with E-state index in [1.165, 1.54) is 0 Å². The highest BCUT2D eigenvalue weighted by Gasteiger charge is 2.32. The van der Waals surface area contributed by atoms with Gasteiger partial charge in [0.2, 0.25) is 5.91 Å². The van der Waals surface area contributed by atoms with E-state index < -0.39 is 0 Å². The Morgan fingerprint density at radius 3 is 2.32 bits per heavy atom. The predicted octanol–water partition coefficient (Wildman–Crippen LogP) is 3.98. The summed E-state index contributed by atoms with van der Waals surface area (Å²) in [5.74, 6) is 1.31. The first-order valence-electron chi connectivity index (χ1n) is 12.5. The Labute approximate surface area is 203 Å². The van der Waals surface area contributed by atoms with E-state index in [-0.39, 0.29) is 17.9 Å². The van der Waals surface area contributed by atoms with Crippen molar-refractivity contribution >= 4 is 11.8 Å². The van der Waals surface area contributed by atoms with E-state index in [0.29, 0.717) is 43.1 Å². The third-order valence-electron chi connectivity index (χ3n) is 6.14.